The number of carbonyl (C=O) groups is 2. The number of carbonyl (C=O) groups excluding carboxylic acids is 2. The summed E-state index contributed by atoms with van der Waals surface area (Å²) in [6.07, 6.45) is 7.13. The van der Waals surface area contributed by atoms with Crippen LogP contribution < -0.4 is 10.9 Å². The van der Waals surface area contributed by atoms with Gasteiger partial charge in [0.05, 0.1) is 5.03 Å². The standard InChI is InChI=1S/C13H9Cl2N3O2.Fe.H2O4S/c14-10-5-9(12(19)11(15)6-10)7-17-18-13(20)8-1-3-16-4-2-8;;1-5(2,3)4/h1-7,17H,(H,18,20);;(H2,1,2,3,4)/q;+2;/p-1/b9-7-;;. The minimum Gasteiger partial charge on any atom is -0.726 e. The molecule has 0 bridgehead atoms. The van der Waals surface area contributed by atoms with Crippen LogP contribution in [-0.2, 0) is 32.3 Å². The van der Waals surface area contributed by atoms with E-state index >= 15 is 0 Å². The predicted octanol–water partition coefficient (Wildman–Crippen LogP) is 1.03. The van der Waals surface area contributed by atoms with Crippen molar-refractivity contribution in [2.45, 2.75) is 0 Å². The second-order valence-electron chi connectivity index (χ2n) is 4.21. The molecule has 1 heterocycles. The van der Waals surface area contributed by atoms with E-state index < -0.39 is 10.4 Å². The molecule has 1 aromatic heterocycles. The van der Waals surface area contributed by atoms with Gasteiger partial charge in [-0.15, -0.1) is 0 Å². The fraction of sp³-hybridized carbons (Fsp3) is 0. The molecule has 2 rings (SSSR count). The van der Waals surface area contributed by atoms with Gasteiger partial charge in [-0.3, -0.25) is 24.6 Å². The second-order valence-corrected chi connectivity index (χ2v) is 5.91. The Hall–Kier alpha value is -1.72. The number of hydrogen-bond acceptors (Lipinski definition) is 7. The number of ketones is 1. The third kappa shape index (κ3) is 9.68. The van der Waals surface area contributed by atoms with Gasteiger partial charge >= 0.3 is 17.1 Å². The number of allylic oxidation sites excluding steroid dienone is 5. The Morgan fingerprint density at radius 2 is 1.77 bits per heavy atom. The van der Waals surface area contributed by atoms with Gasteiger partial charge < -0.3 is 9.98 Å². The maximum Gasteiger partial charge on any atom is 2.00 e. The first-order valence-electron chi connectivity index (χ1n) is 6.21. The van der Waals surface area contributed by atoms with Crippen LogP contribution in [0.5, 0.6) is 0 Å². The molecule has 0 fully saturated rings. The summed E-state index contributed by atoms with van der Waals surface area (Å²) in [5, 5.41) is 0.356. The molecule has 0 aromatic carbocycles. The maximum absolute atomic E-state index is 11.7. The van der Waals surface area contributed by atoms with Gasteiger partial charge in [0.25, 0.3) is 5.91 Å². The zero-order valence-corrected chi connectivity index (χ0v) is 15.9. The SMILES string of the molecule is O=C1C(Cl)=CC(Cl)=C/C1=C/NNC(=O)c1ccncc1.O=S(=O)([O-])O.[Fe+2]. The third-order valence-corrected chi connectivity index (χ3v) is 2.89. The van der Waals surface area contributed by atoms with Crippen LogP contribution in [-0.4, -0.2) is 34.2 Å². The van der Waals surface area contributed by atoms with E-state index in [0.717, 1.165) is 0 Å². The number of hydrazine groups is 1. The molecule has 3 N–H and O–H groups in total. The number of rotatable bonds is 3. The third-order valence-electron chi connectivity index (χ3n) is 2.39. The molecule has 0 spiro atoms. The Morgan fingerprint density at radius 1 is 1.23 bits per heavy atom. The van der Waals surface area contributed by atoms with Gasteiger partial charge in [-0.05, 0) is 24.3 Å². The van der Waals surface area contributed by atoms with Crippen LogP contribution in [0, 0.1) is 0 Å². The molecule has 140 valence electrons. The van der Waals surface area contributed by atoms with Crippen molar-refractivity contribution >= 4 is 45.3 Å². The number of pyridine rings is 1. The average Bonchev–Trinajstić information content (AvgIpc) is 2.51. The first-order chi connectivity index (χ1) is 11.6. The number of aromatic nitrogens is 1. The van der Waals surface area contributed by atoms with E-state index in [1.54, 1.807) is 12.1 Å². The molecule has 1 aliphatic carbocycles. The van der Waals surface area contributed by atoms with Crippen LogP contribution in [0.25, 0.3) is 0 Å². The van der Waals surface area contributed by atoms with Crippen molar-refractivity contribution in [3.63, 3.8) is 0 Å². The Morgan fingerprint density at radius 3 is 2.31 bits per heavy atom. The Labute approximate surface area is 169 Å². The van der Waals surface area contributed by atoms with Crippen molar-refractivity contribution in [3.05, 3.63) is 64.1 Å². The molecule has 1 aliphatic rings. The van der Waals surface area contributed by atoms with Gasteiger partial charge in [-0.25, -0.2) is 8.42 Å². The molecule has 0 saturated carbocycles. The minimum atomic E-state index is -4.92. The molecule has 13 heteroatoms. The van der Waals surface area contributed by atoms with Crippen LogP contribution in [0.1, 0.15) is 10.4 Å². The zero-order valence-electron chi connectivity index (χ0n) is 12.5. The van der Waals surface area contributed by atoms with Crippen molar-refractivity contribution in [1.82, 2.24) is 15.8 Å². The number of Topliss-reactive ketones (excluding diaryl/α,β-unsaturated/α-hetero) is 1. The van der Waals surface area contributed by atoms with Gasteiger partial charge in [-0.1, -0.05) is 23.2 Å². The van der Waals surface area contributed by atoms with E-state index in [9.17, 15) is 9.59 Å². The van der Waals surface area contributed by atoms with Crippen LogP contribution in [0.2, 0.25) is 0 Å². The van der Waals surface area contributed by atoms with Crippen molar-refractivity contribution in [1.29, 1.82) is 0 Å². The number of amides is 1. The molecule has 0 atom stereocenters. The van der Waals surface area contributed by atoms with Gasteiger partial charge in [0.2, 0.25) is 16.2 Å². The second kappa shape index (κ2) is 11.1. The van der Waals surface area contributed by atoms with E-state index in [1.807, 2.05) is 0 Å². The van der Waals surface area contributed by atoms with Gasteiger partial charge in [0, 0.05) is 34.8 Å². The average molecular weight is 463 g/mol. The largest absolute Gasteiger partial charge is 2.00 e. The molecule has 9 nitrogen and oxygen atoms in total. The molecular weight excluding hydrogens is 453 g/mol. The maximum atomic E-state index is 11.7. The van der Waals surface area contributed by atoms with Gasteiger partial charge in [-0.2, -0.15) is 0 Å². The fourth-order valence-electron chi connectivity index (χ4n) is 1.44. The molecule has 0 aliphatic heterocycles. The molecule has 0 radical (unpaired) electrons. The first-order valence-corrected chi connectivity index (χ1v) is 8.33. The summed E-state index contributed by atoms with van der Waals surface area (Å²) in [4.78, 5) is 27.2. The van der Waals surface area contributed by atoms with Crippen LogP contribution in [0.4, 0.5) is 0 Å². The van der Waals surface area contributed by atoms with E-state index in [0.29, 0.717) is 10.6 Å². The number of halogens is 2. The van der Waals surface area contributed by atoms with Crippen molar-refractivity contribution < 1.29 is 44.2 Å². The molecular formula is C13H10Cl2FeN3O6S+. The molecule has 0 unspecified atom stereocenters. The smallest absolute Gasteiger partial charge is 0.726 e. The quantitative estimate of drug-likeness (QED) is 0.198. The Kier molecular flexibility index (Phi) is 10.4. The summed E-state index contributed by atoms with van der Waals surface area (Å²) in [5.74, 6) is -0.731. The van der Waals surface area contributed by atoms with Crippen molar-refractivity contribution in [2.24, 2.45) is 0 Å². The molecule has 1 amide bonds. The zero-order chi connectivity index (χ0) is 19.0. The molecule has 26 heavy (non-hydrogen) atoms. The summed E-state index contributed by atoms with van der Waals surface area (Å²) in [6, 6.07) is 3.12. The molecule has 0 saturated heterocycles. The number of nitrogens with one attached hydrogen (secondary N) is 2. The first kappa shape index (κ1) is 24.3. The summed E-state index contributed by atoms with van der Waals surface area (Å²) >= 11 is 11.5. The topological polar surface area (TPSA) is 149 Å². The van der Waals surface area contributed by atoms with E-state index in [-0.39, 0.29) is 39.4 Å². The monoisotopic (exact) mass is 462 g/mol. The summed E-state index contributed by atoms with van der Waals surface area (Å²) in [6.45, 7) is 0. The number of hydrogen-bond donors (Lipinski definition) is 3. The van der Waals surface area contributed by atoms with Crippen molar-refractivity contribution in [3.8, 4) is 0 Å². The normalized spacial score (nSPS) is 14.9. The predicted molar refractivity (Wildman–Crippen MR) is 88.1 cm³/mol. The van der Waals surface area contributed by atoms with Crippen LogP contribution in [0.3, 0.4) is 0 Å². The fourth-order valence-corrected chi connectivity index (χ4v) is 1.95. The summed E-state index contributed by atoms with van der Waals surface area (Å²) in [7, 11) is -4.92. The minimum absolute atomic E-state index is 0. The van der Waals surface area contributed by atoms with E-state index in [2.05, 4.69) is 15.8 Å². The van der Waals surface area contributed by atoms with E-state index in [1.165, 1.54) is 30.7 Å². The van der Waals surface area contributed by atoms with E-state index in [4.69, 9.17) is 40.7 Å². The van der Waals surface area contributed by atoms with Gasteiger partial charge in [0.1, 0.15) is 0 Å². The summed E-state index contributed by atoms with van der Waals surface area (Å²) < 4.78 is 32.8. The van der Waals surface area contributed by atoms with Crippen molar-refractivity contribution in [2.75, 3.05) is 0 Å². The van der Waals surface area contributed by atoms with Gasteiger partial charge in [0.15, 0.2) is 0 Å². The number of nitrogens with zero attached hydrogens (tertiary/aromatic N) is 1. The summed E-state index contributed by atoms with van der Waals surface area (Å²) in [5.41, 5.74) is 5.63. The van der Waals surface area contributed by atoms with Crippen LogP contribution >= 0.6 is 23.2 Å². The molecule has 1 aromatic rings. The van der Waals surface area contributed by atoms with Crippen LogP contribution in [0.15, 0.2) is 58.5 Å². The Bertz CT molecular complexity index is 848. The Balaban J connectivity index is 0.000000923.